The summed E-state index contributed by atoms with van der Waals surface area (Å²) in [5.74, 6) is -0.752. The lowest BCUT2D eigenvalue weighted by Gasteiger charge is -2.23. The molecule has 3 rings (SSSR count). The number of aromatic nitrogens is 2. The SMILES string of the molecule is COCP(=O)(N[C@@H](C)C(=O)O)Oc1cc(COC(=O)Oc2cc(C)nn2-c2ccccc2)ccc1OC. The van der Waals surface area contributed by atoms with Crippen LogP contribution >= 0.6 is 7.52 Å². The summed E-state index contributed by atoms with van der Waals surface area (Å²) in [6.45, 7) is 2.89. The number of ether oxygens (including phenoxy) is 4. The fourth-order valence-corrected chi connectivity index (χ4v) is 4.89. The Labute approximate surface area is 213 Å². The summed E-state index contributed by atoms with van der Waals surface area (Å²) < 4.78 is 41.2. The lowest BCUT2D eigenvalue weighted by atomic mass is 10.2. The van der Waals surface area contributed by atoms with Crippen LogP contribution in [0.25, 0.3) is 5.69 Å². The van der Waals surface area contributed by atoms with Crippen LogP contribution in [0.3, 0.4) is 0 Å². The van der Waals surface area contributed by atoms with Crippen LogP contribution in [0.2, 0.25) is 0 Å². The number of nitrogens with one attached hydrogen (secondary N) is 1. The van der Waals surface area contributed by atoms with Crippen LogP contribution in [0.1, 0.15) is 18.2 Å². The van der Waals surface area contributed by atoms with Gasteiger partial charge in [0.1, 0.15) is 19.0 Å². The third-order valence-corrected chi connectivity index (χ3v) is 6.75. The molecule has 0 amide bonds. The van der Waals surface area contributed by atoms with E-state index in [1.807, 2.05) is 30.3 Å². The first-order chi connectivity index (χ1) is 17.6. The smallest absolute Gasteiger partial charge is 0.493 e. The molecule has 1 heterocycles. The number of hydrogen-bond acceptors (Lipinski definition) is 9. The van der Waals surface area contributed by atoms with Crippen molar-refractivity contribution >= 4 is 19.6 Å². The average molecular weight is 533 g/mol. The Morgan fingerprint density at radius 3 is 2.49 bits per heavy atom. The van der Waals surface area contributed by atoms with Crippen LogP contribution in [-0.2, 0) is 25.4 Å². The van der Waals surface area contributed by atoms with Gasteiger partial charge in [-0.2, -0.15) is 5.10 Å². The molecule has 0 aliphatic heterocycles. The first kappa shape index (κ1) is 27.7. The van der Waals surface area contributed by atoms with E-state index >= 15 is 0 Å². The van der Waals surface area contributed by atoms with E-state index < -0.39 is 32.0 Å². The Balaban J connectivity index is 1.72. The van der Waals surface area contributed by atoms with Gasteiger partial charge in [-0.1, -0.05) is 24.3 Å². The van der Waals surface area contributed by atoms with E-state index in [1.165, 1.54) is 38.0 Å². The van der Waals surface area contributed by atoms with E-state index in [4.69, 9.17) is 28.6 Å². The predicted octanol–water partition coefficient (Wildman–Crippen LogP) is 4.14. The minimum Gasteiger partial charge on any atom is -0.493 e. The van der Waals surface area contributed by atoms with Crippen molar-refractivity contribution in [1.29, 1.82) is 0 Å². The first-order valence-corrected chi connectivity index (χ1v) is 12.9. The molecule has 0 spiro atoms. The standard InChI is InChI=1S/C24H28N3O9P/c1-16-12-22(27(25-16)19-8-6-5-7-9-19)35-24(30)34-14-18-10-11-20(33-4)21(13-18)36-37(31,15-32-3)26-17(2)23(28)29/h5-13,17H,14-15H2,1-4H3,(H,26,31)(H,28,29)/t17-,37?/m0/s1. The number of hydrogen-bond donors (Lipinski definition) is 2. The molecule has 1 aromatic heterocycles. The summed E-state index contributed by atoms with van der Waals surface area (Å²) in [7, 11) is -1.10. The van der Waals surface area contributed by atoms with Crippen LogP contribution in [0.5, 0.6) is 17.4 Å². The summed E-state index contributed by atoms with van der Waals surface area (Å²) >= 11 is 0. The second-order valence-corrected chi connectivity index (χ2v) is 9.91. The van der Waals surface area contributed by atoms with E-state index in [0.29, 0.717) is 16.9 Å². The molecule has 13 heteroatoms. The van der Waals surface area contributed by atoms with Crippen molar-refractivity contribution in [3.63, 3.8) is 0 Å². The summed E-state index contributed by atoms with van der Waals surface area (Å²) in [6, 6.07) is 14.2. The van der Waals surface area contributed by atoms with Gasteiger partial charge in [-0.15, -0.1) is 0 Å². The van der Waals surface area contributed by atoms with Gasteiger partial charge in [-0.25, -0.2) is 14.6 Å². The fraction of sp³-hybridized carbons (Fsp3) is 0.292. The molecule has 0 aliphatic rings. The molecule has 2 atom stereocenters. The summed E-state index contributed by atoms with van der Waals surface area (Å²) in [5, 5.41) is 16.0. The van der Waals surface area contributed by atoms with Crippen molar-refractivity contribution in [1.82, 2.24) is 14.9 Å². The number of para-hydroxylation sites is 1. The molecular formula is C24H28N3O9P. The van der Waals surface area contributed by atoms with Crippen LogP contribution in [0.15, 0.2) is 54.6 Å². The monoisotopic (exact) mass is 533 g/mol. The molecule has 37 heavy (non-hydrogen) atoms. The molecule has 1 unspecified atom stereocenters. The normalized spacial score (nSPS) is 13.3. The van der Waals surface area contributed by atoms with Crippen molar-refractivity contribution in [3.05, 3.63) is 65.9 Å². The number of methoxy groups -OCH3 is 2. The summed E-state index contributed by atoms with van der Waals surface area (Å²) in [4.78, 5) is 23.6. The van der Waals surface area contributed by atoms with E-state index in [9.17, 15) is 14.2 Å². The van der Waals surface area contributed by atoms with Gasteiger partial charge in [0.2, 0.25) is 5.88 Å². The zero-order valence-electron chi connectivity index (χ0n) is 20.7. The van der Waals surface area contributed by atoms with Gasteiger partial charge in [0, 0.05) is 13.2 Å². The van der Waals surface area contributed by atoms with Crippen molar-refractivity contribution in [2.24, 2.45) is 0 Å². The summed E-state index contributed by atoms with van der Waals surface area (Å²) in [6.07, 6.45) is -1.35. The lowest BCUT2D eigenvalue weighted by molar-refractivity contribution is -0.138. The third-order valence-electron chi connectivity index (χ3n) is 4.88. The van der Waals surface area contributed by atoms with Gasteiger partial charge in [0.05, 0.1) is 18.5 Å². The highest BCUT2D eigenvalue weighted by molar-refractivity contribution is 7.57. The molecule has 2 aromatic carbocycles. The average Bonchev–Trinajstić information content (AvgIpc) is 3.23. The Morgan fingerprint density at radius 1 is 1.11 bits per heavy atom. The number of carboxylic acid groups (broad SMARTS) is 1. The topological polar surface area (TPSA) is 147 Å². The van der Waals surface area contributed by atoms with Crippen molar-refractivity contribution in [2.45, 2.75) is 26.5 Å². The van der Waals surface area contributed by atoms with Crippen molar-refractivity contribution in [3.8, 4) is 23.1 Å². The molecule has 3 aromatic rings. The molecule has 198 valence electrons. The largest absolute Gasteiger partial charge is 0.515 e. The van der Waals surface area contributed by atoms with Gasteiger partial charge in [0.25, 0.3) is 0 Å². The van der Waals surface area contributed by atoms with Crippen LogP contribution in [-0.4, -0.2) is 53.6 Å². The van der Waals surface area contributed by atoms with E-state index in [2.05, 4.69) is 10.2 Å². The molecule has 0 bridgehead atoms. The van der Waals surface area contributed by atoms with Gasteiger partial charge in [-0.3, -0.25) is 9.36 Å². The first-order valence-electron chi connectivity index (χ1n) is 11.1. The number of aryl methyl sites for hydroxylation is 1. The number of carbonyl (C=O) groups is 2. The molecule has 0 saturated carbocycles. The van der Waals surface area contributed by atoms with Crippen LogP contribution in [0.4, 0.5) is 4.79 Å². The minimum atomic E-state index is -3.80. The van der Waals surface area contributed by atoms with E-state index in [1.54, 1.807) is 19.1 Å². The number of rotatable bonds is 12. The predicted molar refractivity (Wildman–Crippen MR) is 132 cm³/mol. The van der Waals surface area contributed by atoms with Gasteiger partial charge in [0.15, 0.2) is 11.5 Å². The number of aliphatic carboxylic acids is 1. The third kappa shape index (κ3) is 7.56. The van der Waals surface area contributed by atoms with Crippen molar-refractivity contribution in [2.75, 3.05) is 20.6 Å². The minimum absolute atomic E-state index is 0.0419. The highest BCUT2D eigenvalue weighted by Crippen LogP contribution is 2.46. The second kappa shape index (κ2) is 12.4. The maximum Gasteiger partial charge on any atom is 0.515 e. The molecule has 0 fully saturated rings. The molecule has 0 radical (unpaired) electrons. The lowest BCUT2D eigenvalue weighted by Crippen LogP contribution is -2.33. The van der Waals surface area contributed by atoms with Crippen LogP contribution < -0.4 is 19.1 Å². The zero-order chi connectivity index (χ0) is 27.0. The van der Waals surface area contributed by atoms with Crippen LogP contribution in [0, 0.1) is 6.92 Å². The van der Waals surface area contributed by atoms with Gasteiger partial charge < -0.3 is 28.6 Å². The molecule has 12 nitrogen and oxygen atoms in total. The highest BCUT2D eigenvalue weighted by atomic mass is 31.2. The van der Waals surface area contributed by atoms with Crippen molar-refractivity contribution < 1.29 is 42.7 Å². The molecule has 2 N–H and O–H groups in total. The number of benzene rings is 2. The number of carbonyl (C=O) groups excluding carboxylic acids is 1. The maximum absolute atomic E-state index is 13.2. The Hall–Kier alpha value is -3.86. The fourth-order valence-electron chi connectivity index (χ4n) is 3.21. The Bertz CT molecular complexity index is 1280. The maximum atomic E-state index is 13.2. The molecule has 0 saturated heterocycles. The van der Waals surface area contributed by atoms with E-state index in [-0.39, 0.29) is 24.0 Å². The number of nitrogens with zero attached hydrogens (tertiary/aromatic N) is 2. The zero-order valence-corrected chi connectivity index (χ0v) is 21.6. The molecular weight excluding hydrogens is 505 g/mol. The summed E-state index contributed by atoms with van der Waals surface area (Å²) in [5.41, 5.74) is 1.83. The van der Waals surface area contributed by atoms with Gasteiger partial charge in [-0.05, 0) is 43.7 Å². The Kier molecular flexibility index (Phi) is 9.29. The van der Waals surface area contributed by atoms with E-state index in [0.717, 1.165) is 0 Å². The second-order valence-electron chi connectivity index (χ2n) is 7.87. The van der Waals surface area contributed by atoms with Gasteiger partial charge >= 0.3 is 19.6 Å². The quantitative estimate of drug-likeness (QED) is 0.256. The molecule has 0 aliphatic carbocycles. The number of carboxylic acids is 1. The highest BCUT2D eigenvalue weighted by Gasteiger charge is 2.31. The Morgan fingerprint density at radius 2 is 1.84 bits per heavy atom.